The van der Waals surface area contributed by atoms with Crippen molar-refractivity contribution < 1.29 is 27.5 Å². The number of hydrogen-bond acceptors (Lipinski definition) is 3. The number of halogens is 3. The summed E-state index contributed by atoms with van der Waals surface area (Å²) in [6.45, 7) is 1.70. The second-order valence-corrected chi connectivity index (χ2v) is 5.36. The molecule has 0 fully saturated rings. The maximum atomic E-state index is 12.5. The van der Waals surface area contributed by atoms with Gasteiger partial charge in [-0.1, -0.05) is 19.1 Å². The predicted molar refractivity (Wildman–Crippen MR) is 88.4 cm³/mol. The van der Waals surface area contributed by atoms with Crippen molar-refractivity contribution in [2.45, 2.75) is 19.5 Å². The maximum Gasteiger partial charge on any atom is 0.416 e. The van der Waals surface area contributed by atoms with Crippen LogP contribution in [-0.4, -0.2) is 18.4 Å². The number of alkyl halides is 3. The molecule has 2 aromatic carbocycles. The summed E-state index contributed by atoms with van der Waals surface area (Å²) in [6.07, 6.45) is -3.59. The Labute approximate surface area is 148 Å². The standard InChI is InChI=1S/C18H17F3N2O3/c1-2-12-3-9-15(10-4-12)26-11-16(24)22-23-17(25)13-5-7-14(8-6-13)18(19,20)21/h3-10H,2,11H2,1H3,(H,22,24)(H,23,25). The van der Waals surface area contributed by atoms with Crippen molar-refractivity contribution in [3.63, 3.8) is 0 Å². The minimum Gasteiger partial charge on any atom is -0.484 e. The van der Waals surface area contributed by atoms with Crippen LogP contribution < -0.4 is 15.6 Å². The maximum absolute atomic E-state index is 12.5. The Balaban J connectivity index is 1.79. The van der Waals surface area contributed by atoms with Gasteiger partial charge in [-0.3, -0.25) is 20.4 Å². The fraction of sp³-hybridized carbons (Fsp3) is 0.222. The van der Waals surface area contributed by atoms with Crippen LogP contribution in [0.4, 0.5) is 13.2 Å². The zero-order valence-electron chi connectivity index (χ0n) is 13.9. The number of benzene rings is 2. The first-order chi connectivity index (χ1) is 12.3. The Morgan fingerprint density at radius 1 is 0.962 bits per heavy atom. The Hall–Kier alpha value is -3.03. The van der Waals surface area contributed by atoms with Gasteiger partial charge in [-0.2, -0.15) is 13.2 Å². The molecule has 0 aliphatic rings. The highest BCUT2D eigenvalue weighted by atomic mass is 19.4. The third-order valence-corrected chi connectivity index (χ3v) is 3.49. The number of hydrogen-bond donors (Lipinski definition) is 2. The molecular formula is C18H17F3N2O3. The second-order valence-electron chi connectivity index (χ2n) is 5.36. The van der Waals surface area contributed by atoms with Crippen molar-refractivity contribution in [3.05, 3.63) is 65.2 Å². The fourth-order valence-electron chi connectivity index (χ4n) is 2.02. The van der Waals surface area contributed by atoms with Crippen LogP contribution in [0.15, 0.2) is 48.5 Å². The molecule has 0 aliphatic carbocycles. The summed E-state index contributed by atoms with van der Waals surface area (Å²) < 4.78 is 42.7. The molecule has 0 radical (unpaired) electrons. The zero-order valence-corrected chi connectivity index (χ0v) is 13.9. The van der Waals surface area contributed by atoms with Crippen LogP contribution >= 0.6 is 0 Å². The van der Waals surface area contributed by atoms with Crippen molar-refractivity contribution in [2.75, 3.05) is 6.61 Å². The normalized spacial score (nSPS) is 10.9. The molecule has 0 unspecified atom stereocenters. The van der Waals surface area contributed by atoms with Crippen LogP contribution in [-0.2, 0) is 17.4 Å². The van der Waals surface area contributed by atoms with Crippen LogP contribution in [0, 0.1) is 0 Å². The van der Waals surface area contributed by atoms with Crippen molar-refractivity contribution in [3.8, 4) is 5.75 Å². The molecule has 0 aromatic heterocycles. The highest BCUT2D eigenvalue weighted by molar-refractivity contribution is 5.95. The summed E-state index contributed by atoms with van der Waals surface area (Å²) >= 11 is 0. The molecule has 2 rings (SSSR count). The molecule has 138 valence electrons. The van der Waals surface area contributed by atoms with Gasteiger partial charge in [-0.15, -0.1) is 0 Å². The molecule has 2 N–H and O–H groups in total. The molecule has 0 bridgehead atoms. The van der Waals surface area contributed by atoms with Gasteiger partial charge in [-0.25, -0.2) is 0 Å². The van der Waals surface area contributed by atoms with Crippen molar-refractivity contribution in [1.29, 1.82) is 0 Å². The average Bonchev–Trinajstić information content (AvgIpc) is 2.64. The average molecular weight is 366 g/mol. The number of nitrogens with one attached hydrogen (secondary N) is 2. The lowest BCUT2D eigenvalue weighted by atomic mass is 10.1. The van der Waals surface area contributed by atoms with Gasteiger partial charge >= 0.3 is 6.18 Å². The SMILES string of the molecule is CCc1ccc(OCC(=O)NNC(=O)c2ccc(C(F)(F)F)cc2)cc1. The molecule has 0 heterocycles. The number of hydrazine groups is 1. The van der Waals surface area contributed by atoms with E-state index in [0.717, 1.165) is 36.2 Å². The highest BCUT2D eigenvalue weighted by Gasteiger charge is 2.30. The minimum absolute atomic E-state index is 0.0191. The van der Waals surface area contributed by atoms with E-state index in [0.29, 0.717) is 5.75 Å². The number of amides is 2. The largest absolute Gasteiger partial charge is 0.484 e. The van der Waals surface area contributed by atoms with Crippen LogP contribution in [0.5, 0.6) is 5.75 Å². The lowest BCUT2D eigenvalue weighted by molar-refractivity contribution is -0.137. The van der Waals surface area contributed by atoms with E-state index in [4.69, 9.17) is 4.74 Å². The monoisotopic (exact) mass is 366 g/mol. The van der Waals surface area contributed by atoms with Crippen molar-refractivity contribution >= 4 is 11.8 Å². The van der Waals surface area contributed by atoms with Crippen LogP contribution in [0.3, 0.4) is 0 Å². The summed E-state index contributed by atoms with van der Waals surface area (Å²) in [5, 5.41) is 0. The quantitative estimate of drug-likeness (QED) is 0.799. The van der Waals surface area contributed by atoms with Gasteiger partial charge in [0.15, 0.2) is 6.61 Å². The molecule has 2 amide bonds. The Bertz CT molecular complexity index is 757. The number of aryl methyl sites for hydroxylation is 1. The van der Waals surface area contributed by atoms with Crippen LogP contribution in [0.2, 0.25) is 0 Å². The molecular weight excluding hydrogens is 349 g/mol. The molecule has 0 spiro atoms. The Kier molecular flexibility index (Phi) is 6.21. The minimum atomic E-state index is -4.48. The first-order valence-electron chi connectivity index (χ1n) is 7.77. The van der Waals surface area contributed by atoms with Gasteiger partial charge in [0.2, 0.25) is 0 Å². The third kappa shape index (κ3) is 5.51. The molecule has 0 saturated carbocycles. The van der Waals surface area contributed by atoms with E-state index in [-0.39, 0.29) is 12.2 Å². The van der Waals surface area contributed by atoms with Crippen molar-refractivity contribution in [2.24, 2.45) is 0 Å². The summed E-state index contributed by atoms with van der Waals surface area (Å²) in [4.78, 5) is 23.5. The lowest BCUT2D eigenvalue weighted by Crippen LogP contribution is -2.43. The van der Waals surface area contributed by atoms with Gasteiger partial charge in [0, 0.05) is 5.56 Å². The Morgan fingerprint density at radius 2 is 1.58 bits per heavy atom. The van der Waals surface area contributed by atoms with E-state index in [9.17, 15) is 22.8 Å². The lowest BCUT2D eigenvalue weighted by Gasteiger charge is -2.10. The number of ether oxygens (including phenoxy) is 1. The molecule has 0 aliphatic heterocycles. The number of rotatable bonds is 5. The van der Waals surface area contributed by atoms with E-state index in [1.54, 1.807) is 12.1 Å². The molecule has 8 heteroatoms. The van der Waals surface area contributed by atoms with Crippen LogP contribution in [0.25, 0.3) is 0 Å². The summed E-state index contributed by atoms with van der Waals surface area (Å²) in [5.41, 5.74) is 4.50. The molecule has 5 nitrogen and oxygen atoms in total. The van der Waals surface area contributed by atoms with Gasteiger partial charge in [-0.05, 0) is 48.4 Å². The third-order valence-electron chi connectivity index (χ3n) is 3.49. The van der Waals surface area contributed by atoms with Crippen LogP contribution in [0.1, 0.15) is 28.4 Å². The molecule has 2 aromatic rings. The first kappa shape index (κ1) is 19.3. The molecule has 0 atom stereocenters. The van der Waals surface area contributed by atoms with E-state index in [2.05, 4.69) is 10.9 Å². The summed E-state index contributed by atoms with van der Waals surface area (Å²) in [7, 11) is 0. The Morgan fingerprint density at radius 3 is 2.12 bits per heavy atom. The smallest absolute Gasteiger partial charge is 0.416 e. The predicted octanol–water partition coefficient (Wildman–Crippen LogP) is 3.11. The molecule has 0 saturated heterocycles. The van der Waals surface area contributed by atoms with Gasteiger partial charge in [0.1, 0.15) is 5.75 Å². The zero-order chi connectivity index (χ0) is 19.2. The summed E-state index contributed by atoms with van der Waals surface area (Å²) in [6, 6.07) is 10.8. The van der Waals surface area contributed by atoms with E-state index in [1.807, 2.05) is 19.1 Å². The van der Waals surface area contributed by atoms with E-state index >= 15 is 0 Å². The summed E-state index contributed by atoms with van der Waals surface area (Å²) in [5.74, 6) is -0.837. The fourth-order valence-corrected chi connectivity index (χ4v) is 2.02. The van der Waals surface area contributed by atoms with E-state index < -0.39 is 23.6 Å². The van der Waals surface area contributed by atoms with Gasteiger partial charge in [0.05, 0.1) is 5.56 Å². The highest BCUT2D eigenvalue weighted by Crippen LogP contribution is 2.29. The number of carbonyl (C=O) groups excluding carboxylic acids is 2. The van der Waals surface area contributed by atoms with E-state index in [1.165, 1.54) is 0 Å². The second kappa shape index (κ2) is 8.37. The molecule has 26 heavy (non-hydrogen) atoms. The number of carbonyl (C=O) groups is 2. The van der Waals surface area contributed by atoms with Gasteiger partial charge in [0.25, 0.3) is 11.8 Å². The topological polar surface area (TPSA) is 67.4 Å². The first-order valence-corrected chi connectivity index (χ1v) is 7.77. The van der Waals surface area contributed by atoms with Crippen molar-refractivity contribution in [1.82, 2.24) is 10.9 Å². The van der Waals surface area contributed by atoms with Gasteiger partial charge < -0.3 is 4.74 Å².